The van der Waals surface area contributed by atoms with Crippen molar-refractivity contribution in [3.8, 4) is 5.75 Å². The first-order chi connectivity index (χ1) is 9.03. The lowest BCUT2D eigenvalue weighted by atomic mass is 10.0. The first-order valence-corrected chi connectivity index (χ1v) is 6.83. The minimum atomic E-state index is -0.801. The Bertz CT molecular complexity index is 440. The van der Waals surface area contributed by atoms with Crippen LogP contribution in [0.2, 0.25) is 0 Å². The predicted molar refractivity (Wildman–Crippen MR) is 75.1 cm³/mol. The van der Waals surface area contributed by atoms with Gasteiger partial charge < -0.3 is 10.5 Å². The monoisotopic (exact) mass is 262 g/mol. The van der Waals surface area contributed by atoms with E-state index in [9.17, 15) is 4.79 Å². The molecule has 0 spiro atoms. The predicted octanol–water partition coefficient (Wildman–Crippen LogP) is 1.62. The quantitative estimate of drug-likeness (QED) is 0.785. The van der Waals surface area contributed by atoms with Gasteiger partial charge in [-0.1, -0.05) is 19.1 Å². The van der Waals surface area contributed by atoms with E-state index in [-0.39, 0.29) is 12.5 Å². The molecule has 19 heavy (non-hydrogen) atoms. The number of ether oxygens (including phenoxy) is 1. The summed E-state index contributed by atoms with van der Waals surface area (Å²) in [6, 6.07) is 8.33. The minimum Gasteiger partial charge on any atom is -0.491 e. The van der Waals surface area contributed by atoms with Gasteiger partial charge in [-0.2, -0.15) is 0 Å². The maximum Gasteiger partial charge on any atom is 0.240 e. The van der Waals surface area contributed by atoms with Crippen LogP contribution >= 0.6 is 0 Å². The second-order valence-corrected chi connectivity index (χ2v) is 5.40. The van der Waals surface area contributed by atoms with Gasteiger partial charge in [0.05, 0.1) is 0 Å². The number of carbonyl (C=O) groups excluding carboxylic acids is 1. The number of aryl methyl sites for hydroxylation is 1. The van der Waals surface area contributed by atoms with Gasteiger partial charge in [-0.15, -0.1) is 0 Å². The van der Waals surface area contributed by atoms with Crippen LogP contribution in [0.3, 0.4) is 0 Å². The van der Waals surface area contributed by atoms with Gasteiger partial charge in [-0.05, 0) is 43.9 Å². The molecule has 1 unspecified atom stereocenters. The largest absolute Gasteiger partial charge is 0.491 e. The zero-order valence-corrected chi connectivity index (χ0v) is 11.6. The van der Waals surface area contributed by atoms with E-state index in [1.807, 2.05) is 24.3 Å². The van der Waals surface area contributed by atoms with Gasteiger partial charge in [0.15, 0.2) is 0 Å². The molecule has 0 aliphatic heterocycles. The number of nitrogens with one attached hydrogen (secondary N) is 1. The smallest absolute Gasteiger partial charge is 0.240 e. The Kier molecular flexibility index (Phi) is 4.10. The van der Waals surface area contributed by atoms with Crippen molar-refractivity contribution in [3.63, 3.8) is 0 Å². The third kappa shape index (κ3) is 3.70. The third-order valence-electron chi connectivity index (χ3n) is 3.50. The molecule has 0 aromatic heterocycles. The van der Waals surface area contributed by atoms with Crippen LogP contribution in [-0.4, -0.2) is 24.1 Å². The number of hydrogen-bond donors (Lipinski definition) is 2. The topological polar surface area (TPSA) is 64.3 Å². The van der Waals surface area contributed by atoms with E-state index < -0.39 is 5.54 Å². The van der Waals surface area contributed by atoms with Crippen LogP contribution in [0.5, 0.6) is 5.75 Å². The highest BCUT2D eigenvalue weighted by atomic mass is 16.5. The molecule has 1 aromatic rings. The molecule has 1 saturated carbocycles. The van der Waals surface area contributed by atoms with Crippen molar-refractivity contribution in [2.45, 2.75) is 44.7 Å². The van der Waals surface area contributed by atoms with Gasteiger partial charge in [-0.25, -0.2) is 0 Å². The van der Waals surface area contributed by atoms with E-state index in [1.165, 1.54) is 5.56 Å². The van der Waals surface area contributed by atoms with Gasteiger partial charge in [0.25, 0.3) is 0 Å². The second kappa shape index (κ2) is 5.61. The lowest BCUT2D eigenvalue weighted by molar-refractivity contribution is -0.125. The number of primary amides is 1. The van der Waals surface area contributed by atoms with Crippen LogP contribution in [0, 0.1) is 0 Å². The number of rotatable bonds is 7. The van der Waals surface area contributed by atoms with Crippen LogP contribution < -0.4 is 15.8 Å². The summed E-state index contributed by atoms with van der Waals surface area (Å²) in [5.74, 6) is 0.395. The van der Waals surface area contributed by atoms with Crippen molar-refractivity contribution in [2.75, 3.05) is 6.61 Å². The number of nitrogens with two attached hydrogens (primary N) is 1. The Hall–Kier alpha value is -1.55. The molecule has 1 aliphatic rings. The standard InChI is InChI=1S/C15H22N2O2/c1-3-11-4-8-13(9-5-11)19-10-15(2,14(16)18)17-12-6-7-12/h4-5,8-9,12,17H,3,6-7,10H2,1-2H3,(H2,16,18). The lowest BCUT2D eigenvalue weighted by Gasteiger charge is -2.27. The Balaban J connectivity index is 1.95. The summed E-state index contributed by atoms with van der Waals surface area (Å²) in [6.07, 6.45) is 3.21. The van der Waals surface area contributed by atoms with Crippen molar-refractivity contribution in [3.05, 3.63) is 29.8 Å². The Morgan fingerprint density at radius 1 is 1.42 bits per heavy atom. The van der Waals surface area contributed by atoms with Crippen LogP contribution in [0.4, 0.5) is 0 Å². The molecule has 1 aromatic carbocycles. The third-order valence-corrected chi connectivity index (χ3v) is 3.50. The molecule has 4 nitrogen and oxygen atoms in total. The molecular weight excluding hydrogens is 240 g/mol. The van der Waals surface area contributed by atoms with Crippen LogP contribution in [0.25, 0.3) is 0 Å². The molecule has 1 atom stereocenters. The normalized spacial score (nSPS) is 17.8. The highest BCUT2D eigenvalue weighted by Crippen LogP contribution is 2.23. The SMILES string of the molecule is CCc1ccc(OCC(C)(NC2CC2)C(N)=O)cc1. The zero-order valence-electron chi connectivity index (χ0n) is 11.6. The van der Waals surface area contributed by atoms with Crippen LogP contribution in [-0.2, 0) is 11.2 Å². The maximum atomic E-state index is 11.6. The van der Waals surface area contributed by atoms with Crippen LogP contribution in [0.1, 0.15) is 32.3 Å². The summed E-state index contributed by atoms with van der Waals surface area (Å²) >= 11 is 0. The Morgan fingerprint density at radius 3 is 2.53 bits per heavy atom. The molecule has 0 bridgehead atoms. The molecule has 4 heteroatoms. The van der Waals surface area contributed by atoms with Crippen molar-refractivity contribution in [1.82, 2.24) is 5.32 Å². The van der Waals surface area contributed by atoms with E-state index in [4.69, 9.17) is 10.5 Å². The van der Waals surface area contributed by atoms with E-state index in [0.29, 0.717) is 6.04 Å². The van der Waals surface area contributed by atoms with Gasteiger partial charge in [0.1, 0.15) is 17.9 Å². The van der Waals surface area contributed by atoms with E-state index in [1.54, 1.807) is 6.92 Å². The fourth-order valence-electron chi connectivity index (χ4n) is 1.91. The first-order valence-electron chi connectivity index (χ1n) is 6.83. The highest BCUT2D eigenvalue weighted by Gasteiger charge is 2.37. The number of carbonyl (C=O) groups is 1. The summed E-state index contributed by atoms with van der Waals surface area (Å²) in [5.41, 5.74) is 5.94. The number of amides is 1. The molecule has 3 N–H and O–H groups in total. The van der Waals surface area contributed by atoms with Crippen LogP contribution in [0.15, 0.2) is 24.3 Å². The lowest BCUT2D eigenvalue weighted by Crippen LogP contribution is -2.57. The van der Waals surface area contributed by atoms with Gasteiger partial charge in [-0.3, -0.25) is 10.1 Å². The molecule has 1 aliphatic carbocycles. The van der Waals surface area contributed by atoms with E-state index >= 15 is 0 Å². The zero-order chi connectivity index (χ0) is 13.9. The van der Waals surface area contributed by atoms with Crippen molar-refractivity contribution in [2.24, 2.45) is 5.73 Å². The maximum absolute atomic E-state index is 11.6. The van der Waals surface area contributed by atoms with Gasteiger partial charge in [0.2, 0.25) is 5.91 Å². The Morgan fingerprint density at radius 2 is 2.05 bits per heavy atom. The molecular formula is C15H22N2O2. The van der Waals surface area contributed by atoms with Gasteiger partial charge in [0, 0.05) is 6.04 Å². The Labute approximate surface area is 114 Å². The summed E-state index contributed by atoms with van der Waals surface area (Å²) < 4.78 is 5.70. The average molecular weight is 262 g/mol. The second-order valence-electron chi connectivity index (χ2n) is 5.40. The number of benzene rings is 1. The summed E-state index contributed by atoms with van der Waals surface area (Å²) in [7, 11) is 0. The number of hydrogen-bond acceptors (Lipinski definition) is 3. The molecule has 0 radical (unpaired) electrons. The van der Waals surface area contributed by atoms with E-state index in [0.717, 1.165) is 25.0 Å². The molecule has 104 valence electrons. The first kappa shape index (κ1) is 13.9. The molecule has 1 amide bonds. The van der Waals surface area contributed by atoms with Crippen molar-refractivity contribution in [1.29, 1.82) is 0 Å². The fourth-order valence-corrected chi connectivity index (χ4v) is 1.91. The molecule has 2 rings (SSSR count). The average Bonchev–Trinajstić information content (AvgIpc) is 3.20. The molecule has 1 fully saturated rings. The van der Waals surface area contributed by atoms with E-state index in [2.05, 4.69) is 12.2 Å². The summed E-state index contributed by atoms with van der Waals surface area (Å²) in [5, 5.41) is 3.26. The van der Waals surface area contributed by atoms with Crippen molar-refractivity contribution < 1.29 is 9.53 Å². The molecule has 0 saturated heterocycles. The summed E-state index contributed by atoms with van der Waals surface area (Å²) in [6.45, 7) is 4.16. The summed E-state index contributed by atoms with van der Waals surface area (Å²) in [4.78, 5) is 11.6. The van der Waals surface area contributed by atoms with Gasteiger partial charge >= 0.3 is 0 Å². The molecule has 0 heterocycles. The highest BCUT2D eigenvalue weighted by molar-refractivity contribution is 5.84. The minimum absolute atomic E-state index is 0.254. The fraction of sp³-hybridized carbons (Fsp3) is 0.533. The van der Waals surface area contributed by atoms with Crippen molar-refractivity contribution >= 4 is 5.91 Å².